The van der Waals surface area contributed by atoms with Crippen molar-refractivity contribution < 1.29 is 19.1 Å². The first kappa shape index (κ1) is 20.9. The molecule has 0 radical (unpaired) electrons. The maximum atomic E-state index is 12.6. The summed E-state index contributed by atoms with van der Waals surface area (Å²) >= 11 is 0. The average molecular weight is 404 g/mol. The van der Waals surface area contributed by atoms with Crippen molar-refractivity contribution in [2.45, 2.75) is 13.1 Å². The van der Waals surface area contributed by atoms with Gasteiger partial charge < -0.3 is 20.1 Å². The first-order chi connectivity index (χ1) is 14.7. The van der Waals surface area contributed by atoms with Gasteiger partial charge in [0.15, 0.2) is 6.61 Å². The molecule has 30 heavy (non-hydrogen) atoms. The number of amides is 2. The van der Waals surface area contributed by atoms with Crippen molar-refractivity contribution in [3.05, 3.63) is 95.6 Å². The lowest BCUT2D eigenvalue weighted by Crippen LogP contribution is -2.29. The maximum absolute atomic E-state index is 12.6. The highest BCUT2D eigenvalue weighted by atomic mass is 16.5. The van der Waals surface area contributed by atoms with Gasteiger partial charge in [0.05, 0.1) is 12.7 Å². The molecule has 0 heterocycles. The Morgan fingerprint density at radius 1 is 0.767 bits per heavy atom. The number of methoxy groups -OCH3 is 1. The SMILES string of the molecule is COc1ccccc1CNC(=O)COc1ccccc1C(=O)NCc1ccccc1. The second-order valence-corrected chi connectivity index (χ2v) is 6.54. The number of rotatable bonds is 9. The number of hydrogen-bond acceptors (Lipinski definition) is 4. The van der Waals surface area contributed by atoms with Crippen molar-refractivity contribution in [3.63, 3.8) is 0 Å². The molecular formula is C24H24N2O4. The molecule has 2 amide bonds. The lowest BCUT2D eigenvalue weighted by Gasteiger charge is -2.13. The molecule has 0 bridgehead atoms. The third-order valence-electron chi connectivity index (χ3n) is 4.45. The van der Waals surface area contributed by atoms with Gasteiger partial charge in [0.25, 0.3) is 11.8 Å². The number of ether oxygens (including phenoxy) is 2. The van der Waals surface area contributed by atoms with Crippen LogP contribution in [0.3, 0.4) is 0 Å². The molecule has 0 atom stereocenters. The van der Waals surface area contributed by atoms with E-state index < -0.39 is 0 Å². The van der Waals surface area contributed by atoms with Gasteiger partial charge in [-0.2, -0.15) is 0 Å². The van der Waals surface area contributed by atoms with Gasteiger partial charge in [0, 0.05) is 18.7 Å². The third kappa shape index (κ3) is 5.85. The van der Waals surface area contributed by atoms with Crippen LogP contribution in [0.1, 0.15) is 21.5 Å². The van der Waals surface area contributed by atoms with Crippen molar-refractivity contribution in [3.8, 4) is 11.5 Å². The summed E-state index contributed by atoms with van der Waals surface area (Å²) in [5.41, 5.74) is 2.25. The van der Waals surface area contributed by atoms with Crippen LogP contribution in [0.4, 0.5) is 0 Å². The summed E-state index contributed by atoms with van der Waals surface area (Å²) in [6, 6.07) is 24.0. The van der Waals surface area contributed by atoms with E-state index in [4.69, 9.17) is 9.47 Å². The van der Waals surface area contributed by atoms with Crippen LogP contribution in [-0.4, -0.2) is 25.5 Å². The Labute approximate surface area is 175 Å². The van der Waals surface area contributed by atoms with Gasteiger partial charge in [-0.1, -0.05) is 60.7 Å². The highest BCUT2D eigenvalue weighted by Crippen LogP contribution is 2.19. The number of carbonyl (C=O) groups excluding carboxylic acids is 2. The van der Waals surface area contributed by atoms with Crippen molar-refractivity contribution in [1.29, 1.82) is 0 Å². The van der Waals surface area contributed by atoms with Gasteiger partial charge in [-0.25, -0.2) is 0 Å². The normalized spacial score (nSPS) is 10.2. The molecule has 0 saturated carbocycles. The Bertz CT molecular complexity index is 989. The predicted molar refractivity (Wildman–Crippen MR) is 114 cm³/mol. The summed E-state index contributed by atoms with van der Waals surface area (Å²) in [6.07, 6.45) is 0. The Hall–Kier alpha value is -3.80. The van der Waals surface area contributed by atoms with Crippen molar-refractivity contribution in [1.82, 2.24) is 10.6 Å². The smallest absolute Gasteiger partial charge is 0.258 e. The molecule has 6 nitrogen and oxygen atoms in total. The van der Waals surface area contributed by atoms with Crippen molar-refractivity contribution in [2.75, 3.05) is 13.7 Å². The van der Waals surface area contributed by atoms with Crippen LogP contribution in [-0.2, 0) is 17.9 Å². The van der Waals surface area contributed by atoms with Crippen LogP contribution in [0.2, 0.25) is 0 Å². The van der Waals surface area contributed by atoms with Crippen LogP contribution >= 0.6 is 0 Å². The molecule has 0 aromatic heterocycles. The Morgan fingerprint density at radius 3 is 2.20 bits per heavy atom. The predicted octanol–water partition coefficient (Wildman–Crippen LogP) is 3.32. The minimum absolute atomic E-state index is 0.196. The van der Waals surface area contributed by atoms with E-state index in [1.807, 2.05) is 54.6 Å². The average Bonchev–Trinajstić information content (AvgIpc) is 2.80. The maximum Gasteiger partial charge on any atom is 0.258 e. The van der Waals surface area contributed by atoms with Gasteiger partial charge in [-0.3, -0.25) is 9.59 Å². The zero-order valence-corrected chi connectivity index (χ0v) is 16.8. The lowest BCUT2D eigenvalue weighted by molar-refractivity contribution is -0.123. The van der Waals surface area contributed by atoms with Crippen LogP contribution in [0.15, 0.2) is 78.9 Å². The second kappa shape index (κ2) is 10.7. The summed E-state index contributed by atoms with van der Waals surface area (Å²) in [7, 11) is 1.59. The van der Waals surface area contributed by atoms with Gasteiger partial charge in [0.2, 0.25) is 0 Å². The quantitative estimate of drug-likeness (QED) is 0.574. The summed E-state index contributed by atoms with van der Waals surface area (Å²) in [6.45, 7) is 0.539. The molecule has 0 fully saturated rings. The van der Waals surface area contributed by atoms with Crippen LogP contribution < -0.4 is 20.1 Å². The Kier molecular flexibility index (Phi) is 7.44. The molecule has 3 aromatic rings. The topological polar surface area (TPSA) is 76.7 Å². The van der Waals surface area contributed by atoms with Crippen molar-refractivity contribution >= 4 is 11.8 Å². The third-order valence-corrected chi connectivity index (χ3v) is 4.45. The zero-order valence-electron chi connectivity index (χ0n) is 16.8. The van der Waals surface area contributed by atoms with Crippen molar-refractivity contribution in [2.24, 2.45) is 0 Å². The van der Waals surface area contributed by atoms with Crippen LogP contribution in [0.5, 0.6) is 11.5 Å². The zero-order chi connectivity index (χ0) is 21.2. The minimum Gasteiger partial charge on any atom is -0.496 e. The lowest BCUT2D eigenvalue weighted by atomic mass is 10.1. The molecule has 0 spiro atoms. The number of para-hydroxylation sites is 2. The summed E-state index contributed by atoms with van der Waals surface area (Å²) in [5.74, 6) is 0.513. The molecule has 0 aliphatic carbocycles. The molecule has 3 aromatic carbocycles. The van der Waals surface area contributed by atoms with Gasteiger partial charge in [-0.05, 0) is 23.8 Å². The van der Waals surface area contributed by atoms with E-state index in [1.54, 1.807) is 31.4 Å². The van der Waals surface area contributed by atoms with E-state index in [0.29, 0.717) is 30.2 Å². The summed E-state index contributed by atoms with van der Waals surface area (Å²) < 4.78 is 10.9. The van der Waals surface area contributed by atoms with E-state index in [9.17, 15) is 9.59 Å². The molecule has 0 aliphatic heterocycles. The molecular weight excluding hydrogens is 380 g/mol. The molecule has 2 N–H and O–H groups in total. The molecule has 154 valence electrons. The fourth-order valence-corrected chi connectivity index (χ4v) is 2.89. The molecule has 0 saturated heterocycles. The fourth-order valence-electron chi connectivity index (χ4n) is 2.89. The highest BCUT2D eigenvalue weighted by molar-refractivity contribution is 5.97. The molecule has 6 heteroatoms. The van der Waals surface area contributed by atoms with Gasteiger partial charge in [-0.15, -0.1) is 0 Å². The summed E-state index contributed by atoms with van der Waals surface area (Å²) in [4.78, 5) is 24.8. The van der Waals surface area contributed by atoms with E-state index in [0.717, 1.165) is 11.1 Å². The van der Waals surface area contributed by atoms with E-state index in [2.05, 4.69) is 10.6 Å². The first-order valence-corrected chi connectivity index (χ1v) is 9.60. The standard InChI is InChI=1S/C24H24N2O4/c1-29-21-13-7-5-11-19(21)16-25-23(27)17-30-22-14-8-6-12-20(22)24(28)26-15-18-9-3-2-4-10-18/h2-14H,15-17H2,1H3,(H,25,27)(H,26,28). The Balaban J connectivity index is 1.54. The van der Waals surface area contributed by atoms with Gasteiger partial charge >= 0.3 is 0 Å². The van der Waals surface area contributed by atoms with Crippen LogP contribution in [0.25, 0.3) is 0 Å². The molecule has 0 aliphatic rings. The second-order valence-electron chi connectivity index (χ2n) is 6.54. The summed E-state index contributed by atoms with van der Waals surface area (Å²) in [5, 5.41) is 5.66. The minimum atomic E-state index is -0.291. The molecule has 3 rings (SSSR count). The largest absolute Gasteiger partial charge is 0.496 e. The number of nitrogens with one attached hydrogen (secondary N) is 2. The van der Waals surface area contributed by atoms with Gasteiger partial charge in [0.1, 0.15) is 11.5 Å². The van der Waals surface area contributed by atoms with E-state index in [-0.39, 0.29) is 18.4 Å². The van der Waals surface area contributed by atoms with E-state index >= 15 is 0 Å². The highest BCUT2D eigenvalue weighted by Gasteiger charge is 2.13. The monoisotopic (exact) mass is 404 g/mol. The fraction of sp³-hybridized carbons (Fsp3) is 0.167. The number of benzene rings is 3. The first-order valence-electron chi connectivity index (χ1n) is 9.60. The van der Waals surface area contributed by atoms with Crippen LogP contribution in [0, 0.1) is 0 Å². The Morgan fingerprint density at radius 2 is 1.43 bits per heavy atom. The van der Waals surface area contributed by atoms with E-state index in [1.165, 1.54) is 0 Å². The number of hydrogen-bond donors (Lipinski definition) is 2. The number of carbonyl (C=O) groups is 2. The molecule has 0 unspecified atom stereocenters.